The molecular formula is C21H22ClN3O5S. The molecule has 2 N–H and O–H groups in total. The van der Waals surface area contributed by atoms with E-state index in [1.165, 1.54) is 26.2 Å². The van der Waals surface area contributed by atoms with Gasteiger partial charge in [-0.25, -0.2) is 8.42 Å². The maximum Gasteiger partial charge on any atom is 0.265 e. The lowest BCUT2D eigenvalue weighted by Crippen LogP contribution is -2.14. The Labute approximate surface area is 185 Å². The number of aryl methyl sites for hydroxylation is 2. The lowest BCUT2D eigenvalue weighted by atomic mass is 10.0. The highest BCUT2D eigenvalue weighted by Crippen LogP contribution is 2.37. The predicted molar refractivity (Wildman–Crippen MR) is 119 cm³/mol. The molecule has 10 heteroatoms. The summed E-state index contributed by atoms with van der Waals surface area (Å²) in [6, 6.07) is 9.66. The molecule has 1 aromatic heterocycles. The lowest BCUT2D eigenvalue weighted by Gasteiger charge is -2.14. The number of ether oxygens (including phenoxy) is 1. The van der Waals surface area contributed by atoms with E-state index in [4.69, 9.17) is 20.9 Å². The van der Waals surface area contributed by atoms with Crippen LogP contribution < -0.4 is 14.8 Å². The van der Waals surface area contributed by atoms with Crippen LogP contribution >= 0.6 is 11.6 Å². The highest BCUT2D eigenvalue weighted by atomic mass is 35.5. The van der Waals surface area contributed by atoms with Gasteiger partial charge in [0.25, 0.3) is 10.0 Å². The van der Waals surface area contributed by atoms with Gasteiger partial charge in [0.05, 0.1) is 29.1 Å². The quantitative estimate of drug-likeness (QED) is 0.528. The van der Waals surface area contributed by atoms with Crippen molar-refractivity contribution in [2.24, 2.45) is 0 Å². The number of amides is 1. The first-order valence-electron chi connectivity index (χ1n) is 9.39. The van der Waals surface area contributed by atoms with E-state index in [2.05, 4.69) is 15.2 Å². The number of aromatic nitrogens is 1. The number of hydrogen-bond acceptors (Lipinski definition) is 6. The zero-order valence-electron chi connectivity index (χ0n) is 17.4. The predicted octanol–water partition coefficient (Wildman–Crippen LogP) is 4.63. The van der Waals surface area contributed by atoms with Crippen LogP contribution in [-0.2, 0) is 21.2 Å². The first-order chi connectivity index (χ1) is 14.7. The van der Waals surface area contributed by atoms with E-state index < -0.39 is 10.0 Å². The van der Waals surface area contributed by atoms with Crippen molar-refractivity contribution >= 4 is 39.1 Å². The van der Waals surface area contributed by atoms with Gasteiger partial charge < -0.3 is 9.26 Å². The second kappa shape index (κ2) is 8.99. The number of sulfonamides is 1. The Hall–Kier alpha value is -3.04. The summed E-state index contributed by atoms with van der Waals surface area (Å²) < 4.78 is 39.4. The van der Waals surface area contributed by atoms with Crippen molar-refractivity contribution in [2.45, 2.75) is 32.1 Å². The minimum Gasteiger partial charge on any atom is -0.495 e. The summed E-state index contributed by atoms with van der Waals surface area (Å²) in [4.78, 5) is 11.4. The Bertz CT molecular complexity index is 1240. The van der Waals surface area contributed by atoms with E-state index in [9.17, 15) is 13.2 Å². The Morgan fingerprint density at radius 2 is 1.97 bits per heavy atom. The van der Waals surface area contributed by atoms with Gasteiger partial charge in [-0.3, -0.25) is 14.8 Å². The number of rotatable bonds is 7. The van der Waals surface area contributed by atoms with E-state index in [-0.39, 0.29) is 33.1 Å². The van der Waals surface area contributed by atoms with Crippen molar-refractivity contribution in [3.8, 4) is 16.9 Å². The molecule has 0 atom stereocenters. The summed E-state index contributed by atoms with van der Waals surface area (Å²) in [6.45, 7) is 5.08. The first kappa shape index (κ1) is 22.6. The Morgan fingerprint density at radius 1 is 1.23 bits per heavy atom. The highest BCUT2D eigenvalue weighted by molar-refractivity contribution is 7.92. The van der Waals surface area contributed by atoms with E-state index in [0.29, 0.717) is 23.2 Å². The number of anilines is 2. The number of carbonyl (C=O) groups is 1. The van der Waals surface area contributed by atoms with Crippen LogP contribution in [0.4, 0.5) is 11.6 Å². The number of nitrogens with one attached hydrogen (secondary N) is 2. The summed E-state index contributed by atoms with van der Waals surface area (Å²) in [7, 11) is -2.68. The zero-order valence-corrected chi connectivity index (χ0v) is 19.0. The second-order valence-electron chi connectivity index (χ2n) is 6.82. The number of benzene rings is 2. The van der Waals surface area contributed by atoms with Crippen molar-refractivity contribution in [3.63, 3.8) is 0 Å². The third-order valence-corrected chi connectivity index (χ3v) is 6.20. The van der Waals surface area contributed by atoms with Crippen LogP contribution in [-0.4, -0.2) is 26.6 Å². The molecule has 2 aromatic carbocycles. The van der Waals surface area contributed by atoms with Crippen molar-refractivity contribution in [1.29, 1.82) is 0 Å². The monoisotopic (exact) mass is 463 g/mol. The minimum absolute atomic E-state index is 0.0961. The van der Waals surface area contributed by atoms with Crippen LogP contribution in [0.5, 0.6) is 5.75 Å². The molecule has 3 aromatic rings. The molecule has 0 spiro atoms. The summed E-state index contributed by atoms with van der Waals surface area (Å²) in [6.07, 6.45) is 0.518. The zero-order chi connectivity index (χ0) is 22.8. The molecule has 0 aliphatic carbocycles. The van der Waals surface area contributed by atoms with Crippen LogP contribution in [0.3, 0.4) is 0 Å². The van der Waals surface area contributed by atoms with Gasteiger partial charge in [0, 0.05) is 6.92 Å². The molecule has 8 nitrogen and oxygen atoms in total. The molecule has 0 fully saturated rings. The van der Waals surface area contributed by atoms with Gasteiger partial charge in [-0.05, 0) is 48.7 Å². The molecule has 31 heavy (non-hydrogen) atoms. The SMILES string of the molecule is CCc1noc(NC(C)=O)c1-c1ccc(OC)c(S(=O)(=O)Nc2ccc(C)cc2Cl)c1. The largest absolute Gasteiger partial charge is 0.495 e. The minimum atomic E-state index is -4.06. The van der Waals surface area contributed by atoms with Crippen LogP contribution in [0.2, 0.25) is 5.02 Å². The van der Waals surface area contributed by atoms with Crippen molar-refractivity contribution in [2.75, 3.05) is 17.1 Å². The first-order valence-corrected chi connectivity index (χ1v) is 11.3. The summed E-state index contributed by atoms with van der Waals surface area (Å²) in [5.74, 6) is -0.0421. The van der Waals surface area contributed by atoms with Gasteiger partial charge in [0.15, 0.2) is 0 Å². The highest BCUT2D eigenvalue weighted by Gasteiger charge is 2.25. The van der Waals surface area contributed by atoms with Gasteiger partial charge in [-0.15, -0.1) is 0 Å². The van der Waals surface area contributed by atoms with Crippen LogP contribution in [0.25, 0.3) is 11.1 Å². The third kappa shape index (κ3) is 4.83. The van der Waals surface area contributed by atoms with Gasteiger partial charge in [0.2, 0.25) is 11.8 Å². The molecule has 0 radical (unpaired) electrons. The number of halogens is 1. The Kier molecular flexibility index (Phi) is 6.56. The smallest absolute Gasteiger partial charge is 0.265 e. The van der Waals surface area contributed by atoms with Crippen molar-refractivity contribution in [1.82, 2.24) is 5.16 Å². The summed E-state index contributed by atoms with van der Waals surface area (Å²) >= 11 is 6.20. The normalized spacial score (nSPS) is 11.3. The average Bonchev–Trinajstić information content (AvgIpc) is 3.11. The molecule has 1 heterocycles. The Balaban J connectivity index is 2.12. The van der Waals surface area contributed by atoms with Crippen molar-refractivity contribution < 1.29 is 22.5 Å². The fourth-order valence-electron chi connectivity index (χ4n) is 3.05. The lowest BCUT2D eigenvalue weighted by molar-refractivity contribution is -0.114. The average molecular weight is 464 g/mol. The maximum absolute atomic E-state index is 13.2. The molecule has 164 valence electrons. The van der Waals surface area contributed by atoms with Gasteiger partial charge >= 0.3 is 0 Å². The van der Waals surface area contributed by atoms with E-state index in [1.54, 1.807) is 24.3 Å². The molecule has 0 unspecified atom stereocenters. The Morgan fingerprint density at radius 3 is 2.58 bits per heavy atom. The van der Waals surface area contributed by atoms with Crippen LogP contribution in [0, 0.1) is 6.92 Å². The van der Waals surface area contributed by atoms with E-state index in [1.807, 2.05) is 13.8 Å². The summed E-state index contributed by atoms with van der Waals surface area (Å²) in [5, 5.41) is 6.84. The van der Waals surface area contributed by atoms with E-state index in [0.717, 1.165) is 5.56 Å². The van der Waals surface area contributed by atoms with Crippen molar-refractivity contribution in [3.05, 3.63) is 52.7 Å². The standard InChI is InChI=1S/C21H22ClN3O5S/c1-5-16-20(21(30-24-16)23-13(3)26)14-7-9-18(29-4)19(11-14)31(27,28)25-17-8-6-12(2)10-15(17)22/h6-11,25H,5H2,1-4H3,(H,23,26). The molecule has 0 saturated carbocycles. The molecular weight excluding hydrogens is 442 g/mol. The number of nitrogens with zero attached hydrogens (tertiary/aromatic N) is 1. The fourth-order valence-corrected chi connectivity index (χ4v) is 4.67. The third-order valence-electron chi connectivity index (χ3n) is 4.50. The second-order valence-corrected chi connectivity index (χ2v) is 8.88. The van der Waals surface area contributed by atoms with Gasteiger partial charge in [-0.2, -0.15) is 0 Å². The number of hydrogen-bond donors (Lipinski definition) is 2. The van der Waals surface area contributed by atoms with Gasteiger partial charge in [-0.1, -0.05) is 35.8 Å². The van der Waals surface area contributed by atoms with Crippen LogP contribution in [0.15, 0.2) is 45.8 Å². The van der Waals surface area contributed by atoms with Gasteiger partial charge in [0.1, 0.15) is 10.6 Å². The molecule has 0 aliphatic heterocycles. The van der Waals surface area contributed by atoms with E-state index >= 15 is 0 Å². The molecule has 1 amide bonds. The molecule has 0 aliphatic rings. The molecule has 3 rings (SSSR count). The number of methoxy groups -OCH3 is 1. The molecule has 0 saturated heterocycles. The molecule has 0 bridgehead atoms. The topological polar surface area (TPSA) is 111 Å². The van der Waals surface area contributed by atoms with Crippen LogP contribution in [0.1, 0.15) is 25.1 Å². The number of carbonyl (C=O) groups excluding carboxylic acids is 1. The summed E-state index contributed by atoms with van der Waals surface area (Å²) in [5.41, 5.74) is 2.73. The maximum atomic E-state index is 13.2. The fraction of sp³-hybridized carbons (Fsp3) is 0.238.